The van der Waals surface area contributed by atoms with Crippen molar-refractivity contribution in [2.75, 3.05) is 18.1 Å². The molecule has 0 aliphatic carbocycles. The number of carboxylic acids is 1. The Morgan fingerprint density at radius 3 is 2.87 bits per heavy atom. The maximum Gasteiger partial charge on any atom is 0.327 e. The summed E-state index contributed by atoms with van der Waals surface area (Å²) < 4.78 is 20.5. The van der Waals surface area contributed by atoms with E-state index < -0.39 is 24.8 Å². The van der Waals surface area contributed by atoms with Gasteiger partial charge in [-0.25, -0.2) is 4.79 Å². The summed E-state index contributed by atoms with van der Waals surface area (Å²) in [7, 11) is 0. The van der Waals surface area contributed by atoms with Crippen molar-refractivity contribution in [1.29, 1.82) is 0 Å². The third-order valence-electron chi connectivity index (χ3n) is 1.37. The Kier molecular flexibility index (Phi) is 5.12. The molecule has 0 aliphatic rings. The van der Waals surface area contributed by atoms with E-state index in [1.165, 1.54) is 17.8 Å². The summed E-state index contributed by atoms with van der Waals surface area (Å²) in [4.78, 5) is 21.9. The molecule has 15 heavy (non-hydrogen) atoms. The first-order valence-corrected chi connectivity index (χ1v) is 5.32. The summed E-state index contributed by atoms with van der Waals surface area (Å²) in [6.07, 6.45) is 3.15. The summed E-state index contributed by atoms with van der Waals surface area (Å²) in [6.45, 7) is -2.95. The lowest BCUT2D eigenvalue weighted by Gasteiger charge is -2.11. The summed E-state index contributed by atoms with van der Waals surface area (Å²) in [5, 5.41) is 19.2. The highest BCUT2D eigenvalue weighted by molar-refractivity contribution is 7.99. The molecule has 0 fully saturated rings. The van der Waals surface area contributed by atoms with Gasteiger partial charge in [0.1, 0.15) is 6.04 Å². The number of carbonyl (C=O) groups excluding carboxylic acids is 1. The number of thioether (sulfide) groups is 1. The summed E-state index contributed by atoms with van der Waals surface area (Å²) in [5.74, 6) is -2.05. The van der Waals surface area contributed by atoms with E-state index in [0.717, 1.165) is 0 Å². The summed E-state index contributed by atoms with van der Waals surface area (Å²) >= 11 is 1.21. The summed E-state index contributed by atoms with van der Waals surface area (Å²) in [6, 6.07) is -1.24. The van der Waals surface area contributed by atoms with E-state index in [4.69, 9.17) is 14.3 Å². The van der Waals surface area contributed by atoms with Crippen LogP contribution in [0, 0.1) is 0 Å². The zero-order chi connectivity index (χ0) is 14.2. The van der Waals surface area contributed by atoms with Crippen LogP contribution < -0.4 is 5.32 Å². The molecule has 0 aromatic heterocycles. The quantitative estimate of drug-likeness (QED) is 0.423. The van der Waals surface area contributed by atoms with E-state index in [9.17, 15) is 9.59 Å². The topological polar surface area (TPSA) is 86.6 Å². The van der Waals surface area contributed by atoms with Gasteiger partial charge in [0.15, 0.2) is 0 Å². The van der Waals surface area contributed by atoms with Crippen molar-refractivity contribution in [2.24, 2.45) is 0 Å². The second-order valence-electron chi connectivity index (χ2n) is 2.56. The minimum Gasteiger partial charge on any atom is -0.480 e. The largest absolute Gasteiger partial charge is 0.480 e. The average Bonchev–Trinajstić information content (AvgIpc) is 2.25. The minimum atomic E-state index is -2.85. The highest BCUT2D eigenvalue weighted by atomic mass is 32.2. The number of carboxylic acid groups (broad SMARTS) is 1. The lowest BCUT2D eigenvalue weighted by atomic mass is 10.3. The predicted molar refractivity (Wildman–Crippen MR) is 58.8 cm³/mol. The van der Waals surface area contributed by atoms with Crippen LogP contribution in [0.1, 0.15) is 11.0 Å². The van der Waals surface area contributed by atoms with Crippen LogP contribution in [0.15, 0.2) is 12.2 Å². The third-order valence-corrected chi connectivity index (χ3v) is 2.37. The molecule has 0 saturated heterocycles. The van der Waals surface area contributed by atoms with Crippen molar-refractivity contribution in [3.63, 3.8) is 0 Å². The fraction of sp³-hybridized carbons (Fsp3) is 0.556. The zero-order valence-corrected chi connectivity index (χ0v) is 8.79. The van der Waals surface area contributed by atoms with Gasteiger partial charge in [0.05, 0.1) is 6.61 Å². The fourth-order valence-electron chi connectivity index (χ4n) is 0.729. The van der Waals surface area contributed by atoms with Crippen molar-refractivity contribution in [3.8, 4) is 0 Å². The van der Waals surface area contributed by atoms with Gasteiger partial charge in [-0.05, 0) is 0 Å². The van der Waals surface area contributed by atoms with Crippen LogP contribution in [0.25, 0.3) is 0 Å². The van der Waals surface area contributed by atoms with Crippen LogP contribution in [0.3, 0.4) is 0 Å². The lowest BCUT2D eigenvalue weighted by Crippen LogP contribution is -2.41. The van der Waals surface area contributed by atoms with Crippen molar-refractivity contribution in [2.45, 2.75) is 12.9 Å². The Morgan fingerprint density at radius 2 is 2.33 bits per heavy atom. The monoisotopic (exact) mass is 236 g/mol. The molecule has 0 aromatic rings. The van der Waals surface area contributed by atoms with Gasteiger partial charge >= 0.3 is 5.97 Å². The molecular formula is C9H15NO4S. The second-order valence-corrected chi connectivity index (χ2v) is 3.63. The molecule has 0 aromatic carbocycles. The first-order chi connectivity index (χ1) is 8.29. The Morgan fingerprint density at radius 1 is 1.60 bits per heavy atom. The van der Waals surface area contributed by atoms with Crippen molar-refractivity contribution < 1.29 is 23.9 Å². The first-order valence-electron chi connectivity index (χ1n) is 5.66. The third kappa shape index (κ3) is 8.02. The molecule has 0 unspecified atom stereocenters. The molecule has 86 valence electrons. The zero-order valence-electron chi connectivity index (χ0n) is 11.0. The van der Waals surface area contributed by atoms with Gasteiger partial charge in [-0.15, -0.1) is 0 Å². The van der Waals surface area contributed by atoms with Gasteiger partial charge in [-0.2, -0.15) is 11.8 Å². The molecule has 0 saturated carbocycles. The van der Waals surface area contributed by atoms with Crippen LogP contribution in [-0.2, 0) is 9.59 Å². The molecule has 1 amide bonds. The Bertz CT molecular complexity index is 319. The van der Waals surface area contributed by atoms with Crippen molar-refractivity contribution in [1.82, 2.24) is 5.32 Å². The number of carbonyl (C=O) groups is 2. The Hall–Kier alpha value is -1.01. The van der Waals surface area contributed by atoms with Crippen molar-refractivity contribution >= 4 is 23.6 Å². The number of nitrogens with one attached hydrogen (secondary N) is 1. The fourth-order valence-corrected chi connectivity index (χ4v) is 1.60. The number of hydrogen-bond donors (Lipinski definition) is 3. The molecule has 0 radical (unpaired) electrons. The molecule has 0 heterocycles. The van der Waals surface area contributed by atoms with E-state index in [2.05, 4.69) is 0 Å². The van der Waals surface area contributed by atoms with Gasteiger partial charge in [0.25, 0.3) is 0 Å². The molecule has 5 nitrogen and oxygen atoms in total. The van der Waals surface area contributed by atoms with E-state index >= 15 is 0 Å². The van der Waals surface area contributed by atoms with Crippen molar-refractivity contribution in [3.05, 3.63) is 12.2 Å². The number of aliphatic carboxylic acids is 1. The number of rotatable bonds is 7. The number of aliphatic hydroxyl groups is 1. The van der Waals surface area contributed by atoms with E-state index in [1.807, 2.05) is 5.32 Å². The normalized spacial score (nSPS) is 16.5. The SMILES string of the molecule is [2H]C([2H])([2H])C(=O)N[C@@H](CSC/C=C/CO)C(=O)O. The van der Waals surface area contributed by atoms with E-state index in [-0.39, 0.29) is 12.4 Å². The smallest absolute Gasteiger partial charge is 0.327 e. The molecule has 0 rings (SSSR count). The summed E-state index contributed by atoms with van der Waals surface area (Å²) in [5.41, 5.74) is 0. The van der Waals surface area contributed by atoms with E-state index in [0.29, 0.717) is 5.75 Å². The van der Waals surface area contributed by atoms with Crippen LogP contribution >= 0.6 is 11.8 Å². The highest BCUT2D eigenvalue weighted by Crippen LogP contribution is 2.03. The van der Waals surface area contributed by atoms with Gasteiger partial charge in [0.2, 0.25) is 5.91 Å². The Balaban J connectivity index is 4.21. The predicted octanol–water partition coefficient (Wildman–Crippen LogP) is -0.143. The maximum atomic E-state index is 11.1. The van der Waals surface area contributed by atoms with Gasteiger partial charge in [-0.1, -0.05) is 12.2 Å². The van der Waals surface area contributed by atoms with Gasteiger partial charge in [-0.3, -0.25) is 4.79 Å². The van der Waals surface area contributed by atoms with Crippen LogP contribution in [0.4, 0.5) is 0 Å². The van der Waals surface area contributed by atoms with Gasteiger partial charge < -0.3 is 15.5 Å². The number of amides is 1. The molecule has 0 bridgehead atoms. The molecular weight excluding hydrogens is 218 g/mol. The van der Waals surface area contributed by atoms with Crippen LogP contribution in [-0.4, -0.2) is 46.2 Å². The number of aliphatic hydroxyl groups excluding tert-OH is 1. The van der Waals surface area contributed by atoms with Crippen LogP contribution in [0.2, 0.25) is 0 Å². The highest BCUT2D eigenvalue weighted by Gasteiger charge is 2.17. The van der Waals surface area contributed by atoms with E-state index in [1.54, 1.807) is 6.08 Å². The standard InChI is InChI=1S/C9H15NO4S/c1-7(12)10-8(9(13)14)6-15-5-3-2-4-11/h2-3,8,11H,4-6H2,1H3,(H,10,12)(H,13,14)/b3-2+/t8-/m0/s1/i1D3. The molecule has 1 atom stereocenters. The van der Waals surface area contributed by atoms with Gasteiger partial charge in [0, 0.05) is 22.5 Å². The number of hydrogen-bond acceptors (Lipinski definition) is 4. The Labute approximate surface area is 96.8 Å². The average molecular weight is 236 g/mol. The maximum absolute atomic E-state index is 11.1. The minimum absolute atomic E-state index is 0.0485. The second kappa shape index (κ2) is 8.31. The molecule has 0 aliphatic heterocycles. The first kappa shape index (κ1) is 9.23. The van der Waals surface area contributed by atoms with Crippen LogP contribution in [0.5, 0.6) is 0 Å². The molecule has 6 heteroatoms. The molecule has 3 N–H and O–H groups in total. The molecule has 0 spiro atoms. The lowest BCUT2D eigenvalue weighted by molar-refractivity contribution is -0.140.